The van der Waals surface area contributed by atoms with Crippen molar-refractivity contribution in [1.82, 2.24) is 14.8 Å². The van der Waals surface area contributed by atoms with Crippen LogP contribution in [-0.4, -0.2) is 67.2 Å². The molecule has 0 unspecified atom stereocenters. The number of halogens is 1. The van der Waals surface area contributed by atoms with E-state index in [1.165, 1.54) is 0 Å². The number of carbonyl (C=O) groups is 1. The van der Waals surface area contributed by atoms with E-state index in [4.69, 9.17) is 21.1 Å². The van der Waals surface area contributed by atoms with Crippen LogP contribution < -0.4 is 4.74 Å². The zero-order valence-corrected chi connectivity index (χ0v) is 18.1. The number of rotatable bonds is 9. The van der Waals surface area contributed by atoms with Gasteiger partial charge in [0.1, 0.15) is 5.75 Å². The van der Waals surface area contributed by atoms with Gasteiger partial charge in [-0.05, 0) is 48.4 Å². The SMILES string of the molecule is COc1ccc(Cl)cc1/C=C/C(=O)N(CCCN1CCOCC1)Cc1ccncc1. The lowest BCUT2D eigenvalue weighted by atomic mass is 10.1. The first-order valence-corrected chi connectivity index (χ1v) is 10.5. The van der Waals surface area contributed by atoms with Crippen molar-refractivity contribution in [2.24, 2.45) is 0 Å². The monoisotopic (exact) mass is 429 g/mol. The summed E-state index contributed by atoms with van der Waals surface area (Å²) < 4.78 is 10.8. The summed E-state index contributed by atoms with van der Waals surface area (Å²) in [6.07, 6.45) is 7.75. The number of benzene rings is 1. The minimum absolute atomic E-state index is 0.0455. The van der Waals surface area contributed by atoms with Crippen LogP contribution in [0.1, 0.15) is 17.5 Å². The minimum atomic E-state index is -0.0455. The molecule has 0 bridgehead atoms. The zero-order valence-electron chi connectivity index (χ0n) is 17.3. The highest BCUT2D eigenvalue weighted by Gasteiger charge is 2.14. The van der Waals surface area contributed by atoms with Gasteiger partial charge in [-0.2, -0.15) is 0 Å². The third-order valence-electron chi connectivity index (χ3n) is 5.04. The quantitative estimate of drug-likeness (QED) is 0.571. The summed E-state index contributed by atoms with van der Waals surface area (Å²) >= 11 is 6.10. The van der Waals surface area contributed by atoms with E-state index in [-0.39, 0.29) is 5.91 Å². The van der Waals surface area contributed by atoms with Crippen LogP contribution in [0.2, 0.25) is 5.02 Å². The summed E-state index contributed by atoms with van der Waals surface area (Å²) in [5, 5.41) is 0.599. The van der Waals surface area contributed by atoms with Crippen molar-refractivity contribution >= 4 is 23.6 Å². The van der Waals surface area contributed by atoms with E-state index in [0.29, 0.717) is 23.9 Å². The lowest BCUT2D eigenvalue weighted by Crippen LogP contribution is -2.38. The molecular formula is C23H28ClN3O3. The van der Waals surface area contributed by atoms with E-state index >= 15 is 0 Å². The highest BCUT2D eigenvalue weighted by atomic mass is 35.5. The molecule has 7 heteroatoms. The Bertz CT molecular complexity index is 839. The van der Waals surface area contributed by atoms with Gasteiger partial charge in [-0.3, -0.25) is 14.7 Å². The summed E-state index contributed by atoms with van der Waals surface area (Å²) in [6.45, 7) is 5.64. The second-order valence-electron chi connectivity index (χ2n) is 7.14. The van der Waals surface area contributed by atoms with Crippen LogP contribution in [-0.2, 0) is 16.1 Å². The van der Waals surface area contributed by atoms with Gasteiger partial charge in [0.2, 0.25) is 5.91 Å². The Balaban J connectivity index is 1.66. The maximum absolute atomic E-state index is 13.0. The van der Waals surface area contributed by atoms with E-state index in [1.807, 2.05) is 17.0 Å². The lowest BCUT2D eigenvalue weighted by molar-refractivity contribution is -0.126. The number of methoxy groups -OCH3 is 1. The molecule has 2 heterocycles. The molecule has 0 radical (unpaired) electrons. The Morgan fingerprint density at radius 3 is 2.77 bits per heavy atom. The third kappa shape index (κ3) is 6.83. The fourth-order valence-corrected chi connectivity index (χ4v) is 3.57. The molecule has 0 atom stereocenters. The second-order valence-corrected chi connectivity index (χ2v) is 7.58. The topological polar surface area (TPSA) is 54.9 Å². The number of morpholine rings is 1. The zero-order chi connectivity index (χ0) is 21.2. The molecule has 1 aliphatic heterocycles. The number of ether oxygens (including phenoxy) is 2. The van der Waals surface area contributed by atoms with Crippen LogP contribution in [0.25, 0.3) is 6.08 Å². The van der Waals surface area contributed by atoms with Gasteiger partial charge in [0, 0.05) is 61.8 Å². The third-order valence-corrected chi connectivity index (χ3v) is 5.27. The predicted octanol–water partition coefficient (Wildman–Crippen LogP) is 3.51. The van der Waals surface area contributed by atoms with Crippen molar-refractivity contribution in [3.63, 3.8) is 0 Å². The second kappa shape index (κ2) is 11.7. The molecule has 30 heavy (non-hydrogen) atoms. The standard InChI is InChI=1S/C23H28ClN3O3/c1-29-22-5-4-21(24)17-20(22)3-6-23(28)27(18-19-7-9-25-10-8-19)12-2-11-26-13-15-30-16-14-26/h3-10,17H,2,11-16,18H2,1H3/b6-3+. The molecule has 0 N–H and O–H groups in total. The first kappa shape index (κ1) is 22.3. The molecule has 1 aromatic carbocycles. The van der Waals surface area contributed by atoms with Crippen molar-refractivity contribution in [3.05, 3.63) is 65.0 Å². The van der Waals surface area contributed by atoms with Crippen molar-refractivity contribution in [2.75, 3.05) is 46.5 Å². The van der Waals surface area contributed by atoms with Gasteiger partial charge < -0.3 is 14.4 Å². The van der Waals surface area contributed by atoms with Gasteiger partial charge in [0.15, 0.2) is 0 Å². The normalized spacial score (nSPS) is 14.7. The lowest BCUT2D eigenvalue weighted by Gasteiger charge is -2.28. The Kier molecular flexibility index (Phi) is 8.68. The molecule has 3 rings (SSSR count). The molecular weight excluding hydrogens is 402 g/mol. The number of nitrogens with zero attached hydrogens (tertiary/aromatic N) is 3. The first-order chi connectivity index (χ1) is 14.7. The molecule has 1 aliphatic rings. The summed E-state index contributed by atoms with van der Waals surface area (Å²) in [5.41, 5.74) is 1.83. The maximum atomic E-state index is 13.0. The van der Waals surface area contributed by atoms with Gasteiger partial charge in [-0.25, -0.2) is 0 Å². The molecule has 1 amide bonds. The smallest absolute Gasteiger partial charge is 0.246 e. The van der Waals surface area contributed by atoms with Gasteiger partial charge in [-0.1, -0.05) is 11.6 Å². The van der Waals surface area contributed by atoms with Crippen LogP contribution in [0.3, 0.4) is 0 Å². The van der Waals surface area contributed by atoms with Crippen molar-refractivity contribution < 1.29 is 14.3 Å². The van der Waals surface area contributed by atoms with Crippen LogP contribution in [0.15, 0.2) is 48.8 Å². The van der Waals surface area contributed by atoms with Crippen molar-refractivity contribution in [2.45, 2.75) is 13.0 Å². The molecule has 1 fully saturated rings. The highest BCUT2D eigenvalue weighted by molar-refractivity contribution is 6.30. The number of pyridine rings is 1. The van der Waals surface area contributed by atoms with Crippen LogP contribution >= 0.6 is 11.6 Å². The highest BCUT2D eigenvalue weighted by Crippen LogP contribution is 2.24. The molecule has 1 aromatic heterocycles. The number of carbonyl (C=O) groups excluding carboxylic acids is 1. The number of amides is 1. The molecule has 6 nitrogen and oxygen atoms in total. The van der Waals surface area contributed by atoms with Crippen molar-refractivity contribution in [1.29, 1.82) is 0 Å². The molecule has 0 saturated carbocycles. The number of hydrogen-bond donors (Lipinski definition) is 0. The van der Waals surface area contributed by atoms with Crippen molar-refractivity contribution in [3.8, 4) is 5.75 Å². The number of aromatic nitrogens is 1. The number of hydrogen-bond acceptors (Lipinski definition) is 5. The van der Waals surface area contributed by atoms with Crippen LogP contribution in [0.4, 0.5) is 0 Å². The summed E-state index contributed by atoms with van der Waals surface area (Å²) in [5.74, 6) is 0.632. The van der Waals surface area contributed by atoms with Gasteiger partial charge >= 0.3 is 0 Å². The Labute approximate surface area is 183 Å². The van der Waals surface area contributed by atoms with E-state index < -0.39 is 0 Å². The van der Waals surface area contributed by atoms with Crippen LogP contribution in [0.5, 0.6) is 5.75 Å². The van der Waals surface area contributed by atoms with E-state index in [1.54, 1.807) is 49.9 Å². The molecule has 1 saturated heterocycles. The average molecular weight is 430 g/mol. The first-order valence-electron chi connectivity index (χ1n) is 10.2. The fourth-order valence-electron chi connectivity index (χ4n) is 3.39. The summed E-state index contributed by atoms with van der Waals surface area (Å²) in [7, 11) is 1.60. The van der Waals surface area contributed by atoms with E-state index in [9.17, 15) is 4.79 Å². The Hall–Kier alpha value is -2.41. The molecule has 2 aromatic rings. The Morgan fingerprint density at radius 1 is 1.27 bits per heavy atom. The molecule has 160 valence electrons. The van der Waals surface area contributed by atoms with Gasteiger partial charge in [-0.15, -0.1) is 0 Å². The average Bonchev–Trinajstić information content (AvgIpc) is 2.78. The minimum Gasteiger partial charge on any atom is -0.496 e. The maximum Gasteiger partial charge on any atom is 0.246 e. The fraction of sp³-hybridized carbons (Fsp3) is 0.391. The predicted molar refractivity (Wildman–Crippen MR) is 119 cm³/mol. The van der Waals surface area contributed by atoms with Gasteiger partial charge in [0.05, 0.1) is 20.3 Å². The largest absolute Gasteiger partial charge is 0.496 e. The van der Waals surface area contributed by atoms with Crippen LogP contribution in [0, 0.1) is 0 Å². The van der Waals surface area contributed by atoms with E-state index in [0.717, 1.165) is 50.4 Å². The van der Waals surface area contributed by atoms with Gasteiger partial charge in [0.25, 0.3) is 0 Å². The Morgan fingerprint density at radius 2 is 2.03 bits per heavy atom. The van der Waals surface area contributed by atoms with E-state index in [2.05, 4.69) is 9.88 Å². The molecule has 0 spiro atoms. The molecule has 0 aliphatic carbocycles. The summed E-state index contributed by atoms with van der Waals surface area (Å²) in [4.78, 5) is 21.3. The summed E-state index contributed by atoms with van der Waals surface area (Å²) in [6, 6.07) is 9.22.